The Kier molecular flexibility index (Phi) is 4.79. The number of nitrogens with zero attached hydrogens (tertiary/aromatic N) is 1. The molecule has 0 aliphatic carbocycles. The van der Waals surface area contributed by atoms with Crippen LogP contribution >= 0.6 is 0 Å². The van der Waals surface area contributed by atoms with Gasteiger partial charge in [0.1, 0.15) is 0 Å². The van der Waals surface area contributed by atoms with Gasteiger partial charge in [0.25, 0.3) is 0 Å². The van der Waals surface area contributed by atoms with Crippen LogP contribution in [0.3, 0.4) is 0 Å². The lowest BCUT2D eigenvalue weighted by Gasteiger charge is -2.19. The third-order valence-corrected chi connectivity index (χ3v) is 3.82. The average molecular weight is 246 g/mol. The van der Waals surface area contributed by atoms with E-state index in [2.05, 4.69) is 49.2 Å². The highest BCUT2D eigenvalue weighted by molar-refractivity contribution is 5.30. The van der Waals surface area contributed by atoms with Gasteiger partial charge in [0.2, 0.25) is 0 Å². The van der Waals surface area contributed by atoms with Crippen molar-refractivity contribution in [1.29, 1.82) is 0 Å². The highest BCUT2D eigenvalue weighted by Gasteiger charge is 2.11. The first-order valence-corrected chi connectivity index (χ1v) is 7.19. The number of aryl methyl sites for hydroxylation is 2. The van der Waals surface area contributed by atoms with E-state index >= 15 is 0 Å². The predicted molar refractivity (Wildman–Crippen MR) is 78.0 cm³/mol. The van der Waals surface area contributed by atoms with Gasteiger partial charge in [0.05, 0.1) is 0 Å². The molecule has 0 aromatic heterocycles. The highest BCUT2D eigenvalue weighted by atomic mass is 15.1. The average Bonchev–Trinajstić information content (AvgIpc) is 2.80. The lowest BCUT2D eigenvalue weighted by atomic mass is 10.0. The van der Waals surface area contributed by atoms with Gasteiger partial charge in [-0.05, 0) is 52.3 Å². The zero-order valence-corrected chi connectivity index (χ0v) is 12.0. The number of hydrogen-bond acceptors (Lipinski definition) is 2. The van der Waals surface area contributed by atoms with Crippen molar-refractivity contribution >= 4 is 0 Å². The second-order valence-electron chi connectivity index (χ2n) is 5.65. The lowest BCUT2D eigenvalue weighted by molar-refractivity contribution is 0.330. The predicted octanol–water partition coefficient (Wildman–Crippen LogP) is 3.05. The van der Waals surface area contributed by atoms with Crippen LogP contribution in [0.25, 0.3) is 0 Å². The Morgan fingerprint density at radius 2 is 1.72 bits per heavy atom. The highest BCUT2D eigenvalue weighted by Crippen LogP contribution is 2.16. The fraction of sp³-hybridized carbons (Fsp3) is 0.625. The molecule has 1 N–H and O–H groups in total. The van der Waals surface area contributed by atoms with Gasteiger partial charge >= 0.3 is 0 Å². The number of rotatable bonds is 5. The SMILES string of the molecule is Cc1cc(C)cc(C(C)NCCN2CCCC2)c1. The molecule has 1 fully saturated rings. The fourth-order valence-corrected chi connectivity index (χ4v) is 2.82. The summed E-state index contributed by atoms with van der Waals surface area (Å²) in [4.78, 5) is 2.56. The van der Waals surface area contributed by atoms with E-state index in [9.17, 15) is 0 Å². The summed E-state index contributed by atoms with van der Waals surface area (Å²) < 4.78 is 0. The largest absolute Gasteiger partial charge is 0.309 e. The van der Waals surface area contributed by atoms with Crippen molar-refractivity contribution in [2.24, 2.45) is 0 Å². The van der Waals surface area contributed by atoms with E-state index in [-0.39, 0.29) is 0 Å². The minimum absolute atomic E-state index is 0.450. The minimum Gasteiger partial charge on any atom is -0.309 e. The lowest BCUT2D eigenvalue weighted by Crippen LogP contribution is -2.31. The Labute approximate surface area is 111 Å². The third kappa shape index (κ3) is 3.82. The maximum Gasteiger partial charge on any atom is 0.0292 e. The maximum absolute atomic E-state index is 3.64. The molecular weight excluding hydrogens is 220 g/mol. The van der Waals surface area contributed by atoms with Gasteiger partial charge in [-0.25, -0.2) is 0 Å². The summed E-state index contributed by atoms with van der Waals surface area (Å²) in [6, 6.07) is 7.27. The molecule has 1 aliphatic rings. The molecule has 100 valence electrons. The number of hydrogen-bond donors (Lipinski definition) is 1. The van der Waals surface area contributed by atoms with Gasteiger partial charge < -0.3 is 10.2 Å². The first-order valence-electron chi connectivity index (χ1n) is 7.19. The van der Waals surface area contributed by atoms with Gasteiger partial charge in [0.15, 0.2) is 0 Å². The van der Waals surface area contributed by atoms with Crippen molar-refractivity contribution in [1.82, 2.24) is 10.2 Å². The van der Waals surface area contributed by atoms with Gasteiger partial charge in [-0.1, -0.05) is 29.3 Å². The molecule has 1 aromatic carbocycles. The molecule has 0 bridgehead atoms. The molecule has 2 rings (SSSR count). The second kappa shape index (κ2) is 6.35. The first kappa shape index (κ1) is 13.6. The van der Waals surface area contributed by atoms with Gasteiger partial charge in [0, 0.05) is 19.1 Å². The van der Waals surface area contributed by atoms with Crippen LogP contribution in [0.15, 0.2) is 18.2 Å². The Morgan fingerprint density at radius 1 is 1.11 bits per heavy atom. The molecule has 1 atom stereocenters. The molecule has 1 heterocycles. The Morgan fingerprint density at radius 3 is 2.33 bits per heavy atom. The first-order chi connectivity index (χ1) is 8.65. The quantitative estimate of drug-likeness (QED) is 0.859. The monoisotopic (exact) mass is 246 g/mol. The maximum atomic E-state index is 3.64. The van der Waals surface area contributed by atoms with E-state index in [0.29, 0.717) is 6.04 Å². The molecule has 0 amide bonds. The van der Waals surface area contributed by atoms with E-state index in [4.69, 9.17) is 0 Å². The molecule has 0 saturated carbocycles. The van der Waals surface area contributed by atoms with Gasteiger partial charge in [-0.3, -0.25) is 0 Å². The van der Waals surface area contributed by atoms with E-state index in [1.807, 2.05) is 0 Å². The fourth-order valence-electron chi connectivity index (χ4n) is 2.82. The van der Waals surface area contributed by atoms with Crippen LogP contribution in [-0.2, 0) is 0 Å². The number of nitrogens with one attached hydrogen (secondary N) is 1. The van der Waals surface area contributed by atoms with E-state index < -0.39 is 0 Å². The van der Waals surface area contributed by atoms with Gasteiger partial charge in [-0.2, -0.15) is 0 Å². The summed E-state index contributed by atoms with van der Waals surface area (Å²) in [5, 5.41) is 3.64. The molecule has 0 radical (unpaired) electrons. The molecule has 1 saturated heterocycles. The van der Waals surface area contributed by atoms with Crippen LogP contribution < -0.4 is 5.32 Å². The van der Waals surface area contributed by atoms with E-state index in [0.717, 1.165) is 6.54 Å². The topological polar surface area (TPSA) is 15.3 Å². The summed E-state index contributed by atoms with van der Waals surface area (Å²) >= 11 is 0. The Balaban J connectivity index is 1.81. The minimum atomic E-state index is 0.450. The number of likely N-dealkylation sites (tertiary alicyclic amines) is 1. The van der Waals surface area contributed by atoms with Crippen LogP contribution in [0.5, 0.6) is 0 Å². The Bertz CT molecular complexity index is 360. The molecule has 1 unspecified atom stereocenters. The molecular formula is C16H26N2. The van der Waals surface area contributed by atoms with E-state index in [1.165, 1.54) is 49.2 Å². The van der Waals surface area contributed by atoms with Crippen LogP contribution in [0.1, 0.15) is 42.5 Å². The van der Waals surface area contributed by atoms with Crippen molar-refractivity contribution in [3.8, 4) is 0 Å². The smallest absolute Gasteiger partial charge is 0.0292 e. The zero-order chi connectivity index (χ0) is 13.0. The summed E-state index contributed by atoms with van der Waals surface area (Å²) in [5.41, 5.74) is 4.13. The molecule has 1 aromatic rings. The van der Waals surface area contributed by atoms with Crippen LogP contribution in [0.2, 0.25) is 0 Å². The van der Waals surface area contributed by atoms with Crippen LogP contribution in [-0.4, -0.2) is 31.1 Å². The molecule has 2 heteroatoms. The van der Waals surface area contributed by atoms with Crippen molar-refractivity contribution in [3.05, 3.63) is 34.9 Å². The summed E-state index contributed by atoms with van der Waals surface area (Å²) in [6.07, 6.45) is 2.76. The van der Waals surface area contributed by atoms with Crippen LogP contribution in [0, 0.1) is 13.8 Å². The van der Waals surface area contributed by atoms with Crippen molar-refractivity contribution in [2.45, 2.75) is 39.7 Å². The van der Waals surface area contributed by atoms with Gasteiger partial charge in [-0.15, -0.1) is 0 Å². The summed E-state index contributed by atoms with van der Waals surface area (Å²) in [6.45, 7) is 11.5. The Hall–Kier alpha value is -0.860. The van der Waals surface area contributed by atoms with Crippen LogP contribution in [0.4, 0.5) is 0 Å². The molecule has 1 aliphatic heterocycles. The summed E-state index contributed by atoms with van der Waals surface area (Å²) in [7, 11) is 0. The summed E-state index contributed by atoms with van der Waals surface area (Å²) in [5.74, 6) is 0. The third-order valence-electron chi connectivity index (χ3n) is 3.82. The molecule has 2 nitrogen and oxygen atoms in total. The normalized spacial score (nSPS) is 18.2. The second-order valence-corrected chi connectivity index (χ2v) is 5.65. The van der Waals surface area contributed by atoms with Crippen molar-refractivity contribution in [3.63, 3.8) is 0 Å². The van der Waals surface area contributed by atoms with Crippen molar-refractivity contribution in [2.75, 3.05) is 26.2 Å². The standard InChI is InChI=1S/C16H26N2/c1-13-10-14(2)12-16(11-13)15(3)17-6-9-18-7-4-5-8-18/h10-12,15,17H,4-9H2,1-3H3. The van der Waals surface area contributed by atoms with E-state index in [1.54, 1.807) is 0 Å². The molecule has 18 heavy (non-hydrogen) atoms. The zero-order valence-electron chi connectivity index (χ0n) is 12.0. The van der Waals surface area contributed by atoms with Crippen molar-refractivity contribution < 1.29 is 0 Å². The molecule has 0 spiro atoms. The number of benzene rings is 1.